The zero-order chi connectivity index (χ0) is 11.5. The van der Waals surface area contributed by atoms with E-state index in [1.165, 1.54) is 0 Å². The molecule has 2 N–H and O–H groups in total. The number of hydrogen-bond acceptors (Lipinski definition) is 3. The summed E-state index contributed by atoms with van der Waals surface area (Å²) in [7, 11) is 0. The van der Waals surface area contributed by atoms with E-state index in [9.17, 15) is 4.79 Å². The maximum absolute atomic E-state index is 11.7. The second-order valence-corrected chi connectivity index (χ2v) is 3.49. The van der Waals surface area contributed by atoms with Gasteiger partial charge in [-0.1, -0.05) is 6.92 Å². The van der Waals surface area contributed by atoms with Gasteiger partial charge in [-0.05, 0) is 25.5 Å². The van der Waals surface area contributed by atoms with Gasteiger partial charge in [0, 0.05) is 5.56 Å². The Kier molecular flexibility index (Phi) is 2.76. The molecule has 0 aromatic carbocycles. The molecular formula is C11H13N3O2. The third-order valence-corrected chi connectivity index (χ3v) is 2.30. The highest BCUT2D eigenvalue weighted by Gasteiger charge is 2.12. The third kappa shape index (κ3) is 1.98. The predicted octanol–water partition coefficient (Wildman–Crippen LogP) is 2.13. The van der Waals surface area contributed by atoms with E-state index in [1.807, 2.05) is 6.92 Å². The van der Waals surface area contributed by atoms with E-state index in [0.29, 0.717) is 17.3 Å². The molecule has 2 aromatic heterocycles. The molecule has 16 heavy (non-hydrogen) atoms. The number of H-pyrrole nitrogens is 1. The summed E-state index contributed by atoms with van der Waals surface area (Å²) in [6.07, 6.45) is 2.51. The normalized spacial score (nSPS) is 10.4. The number of rotatable bonds is 3. The second kappa shape index (κ2) is 4.22. The first-order valence-corrected chi connectivity index (χ1v) is 5.10. The van der Waals surface area contributed by atoms with E-state index < -0.39 is 0 Å². The summed E-state index contributed by atoms with van der Waals surface area (Å²) < 4.78 is 5.22. The molecule has 0 unspecified atom stereocenters. The Bertz CT molecular complexity index is 499. The van der Waals surface area contributed by atoms with E-state index in [1.54, 1.807) is 25.3 Å². The molecule has 2 heterocycles. The molecule has 0 aliphatic carbocycles. The molecule has 0 spiro atoms. The number of carbonyl (C=O) groups excluding carboxylic acids is 1. The van der Waals surface area contributed by atoms with Gasteiger partial charge in [0.1, 0.15) is 11.6 Å². The van der Waals surface area contributed by atoms with Crippen LogP contribution in [0.2, 0.25) is 0 Å². The van der Waals surface area contributed by atoms with Gasteiger partial charge in [0.25, 0.3) is 5.91 Å². The minimum atomic E-state index is -0.271. The molecule has 5 nitrogen and oxygen atoms in total. The molecule has 2 rings (SSSR count). The molecule has 0 fully saturated rings. The molecule has 0 aliphatic rings. The molecule has 0 radical (unpaired) electrons. The predicted molar refractivity (Wildman–Crippen MR) is 59.4 cm³/mol. The van der Waals surface area contributed by atoms with Gasteiger partial charge in [-0.25, -0.2) is 0 Å². The summed E-state index contributed by atoms with van der Waals surface area (Å²) in [5, 5.41) is 9.34. The number of aromatic nitrogens is 2. The number of nitrogens with zero attached hydrogens (tertiary/aromatic N) is 1. The number of hydrogen-bond donors (Lipinski definition) is 2. The van der Waals surface area contributed by atoms with Crippen LogP contribution in [0.1, 0.15) is 28.8 Å². The fourth-order valence-corrected chi connectivity index (χ4v) is 1.42. The first-order chi connectivity index (χ1) is 7.70. The highest BCUT2D eigenvalue weighted by molar-refractivity contribution is 6.02. The van der Waals surface area contributed by atoms with Crippen molar-refractivity contribution in [3.8, 4) is 0 Å². The smallest absolute Gasteiger partial charge is 0.292 e. The van der Waals surface area contributed by atoms with Crippen molar-refractivity contribution < 1.29 is 9.21 Å². The quantitative estimate of drug-likeness (QED) is 0.830. The molecule has 0 saturated carbocycles. The first kappa shape index (κ1) is 10.5. The van der Waals surface area contributed by atoms with Gasteiger partial charge in [0.15, 0.2) is 5.76 Å². The van der Waals surface area contributed by atoms with Gasteiger partial charge < -0.3 is 9.73 Å². The molecule has 1 amide bonds. The van der Waals surface area contributed by atoms with Crippen molar-refractivity contribution in [3.63, 3.8) is 0 Å². The van der Waals surface area contributed by atoms with Crippen LogP contribution >= 0.6 is 0 Å². The maximum Gasteiger partial charge on any atom is 0.292 e. The van der Waals surface area contributed by atoms with E-state index in [-0.39, 0.29) is 5.91 Å². The topological polar surface area (TPSA) is 70.9 Å². The summed E-state index contributed by atoms with van der Waals surface area (Å²) >= 11 is 0. The van der Waals surface area contributed by atoms with Gasteiger partial charge in [-0.3, -0.25) is 9.89 Å². The number of aryl methyl sites for hydroxylation is 2. The van der Waals surface area contributed by atoms with Crippen molar-refractivity contribution >= 4 is 11.7 Å². The van der Waals surface area contributed by atoms with Gasteiger partial charge in [-0.2, -0.15) is 5.10 Å². The number of furan rings is 1. The summed E-state index contributed by atoms with van der Waals surface area (Å²) in [4.78, 5) is 11.7. The van der Waals surface area contributed by atoms with Crippen LogP contribution < -0.4 is 5.32 Å². The van der Waals surface area contributed by atoms with Gasteiger partial charge in [0.05, 0.1) is 6.20 Å². The fourth-order valence-electron chi connectivity index (χ4n) is 1.42. The fraction of sp³-hybridized carbons (Fsp3) is 0.273. The third-order valence-electron chi connectivity index (χ3n) is 2.30. The number of nitrogens with one attached hydrogen (secondary N) is 2. The Morgan fingerprint density at radius 3 is 3.00 bits per heavy atom. The van der Waals surface area contributed by atoms with E-state index in [4.69, 9.17) is 4.42 Å². The van der Waals surface area contributed by atoms with Crippen LogP contribution in [0.25, 0.3) is 0 Å². The van der Waals surface area contributed by atoms with E-state index >= 15 is 0 Å². The minimum absolute atomic E-state index is 0.271. The molecule has 5 heteroatoms. The average Bonchev–Trinajstić information content (AvgIpc) is 2.86. The van der Waals surface area contributed by atoms with E-state index in [2.05, 4.69) is 15.5 Å². The van der Waals surface area contributed by atoms with Crippen molar-refractivity contribution in [3.05, 3.63) is 35.4 Å². The Balaban J connectivity index is 2.13. The summed E-state index contributed by atoms with van der Waals surface area (Å²) in [6, 6.07) is 3.40. The van der Waals surface area contributed by atoms with Crippen LogP contribution in [0.5, 0.6) is 0 Å². The maximum atomic E-state index is 11.7. The van der Waals surface area contributed by atoms with Crippen molar-refractivity contribution in [2.45, 2.75) is 20.3 Å². The van der Waals surface area contributed by atoms with Crippen molar-refractivity contribution in [1.82, 2.24) is 10.2 Å². The highest BCUT2D eigenvalue weighted by Crippen LogP contribution is 2.14. The average molecular weight is 219 g/mol. The standard InChI is InChI=1S/C11H13N3O2/c1-3-8-6-12-14-10(8)13-11(15)9-5-4-7(2)16-9/h4-6H,3H2,1-2H3,(H2,12,13,14,15). The SMILES string of the molecule is CCc1cn[nH]c1NC(=O)c1ccc(C)o1. The molecule has 2 aromatic rings. The van der Waals surface area contributed by atoms with Crippen LogP contribution in [0.4, 0.5) is 5.82 Å². The van der Waals surface area contributed by atoms with Crippen LogP contribution in [-0.4, -0.2) is 16.1 Å². The van der Waals surface area contributed by atoms with Gasteiger partial charge in [0.2, 0.25) is 0 Å². The van der Waals surface area contributed by atoms with Gasteiger partial charge in [-0.15, -0.1) is 0 Å². The van der Waals surface area contributed by atoms with Crippen molar-refractivity contribution in [2.75, 3.05) is 5.32 Å². The Labute approximate surface area is 92.9 Å². The Morgan fingerprint density at radius 2 is 2.38 bits per heavy atom. The number of anilines is 1. The zero-order valence-corrected chi connectivity index (χ0v) is 9.20. The molecule has 0 atom stereocenters. The van der Waals surface area contributed by atoms with Crippen molar-refractivity contribution in [1.29, 1.82) is 0 Å². The van der Waals surface area contributed by atoms with Crippen LogP contribution in [0.15, 0.2) is 22.7 Å². The lowest BCUT2D eigenvalue weighted by molar-refractivity contribution is 0.0995. The number of carbonyl (C=O) groups is 1. The largest absolute Gasteiger partial charge is 0.456 e. The van der Waals surface area contributed by atoms with Crippen LogP contribution in [0, 0.1) is 6.92 Å². The van der Waals surface area contributed by atoms with Crippen molar-refractivity contribution in [2.24, 2.45) is 0 Å². The number of amides is 1. The second-order valence-electron chi connectivity index (χ2n) is 3.49. The summed E-state index contributed by atoms with van der Waals surface area (Å²) in [6.45, 7) is 3.79. The van der Waals surface area contributed by atoms with E-state index in [0.717, 1.165) is 12.0 Å². The van der Waals surface area contributed by atoms with Crippen LogP contribution in [0.3, 0.4) is 0 Å². The molecule has 84 valence electrons. The lowest BCUT2D eigenvalue weighted by Crippen LogP contribution is -2.12. The Morgan fingerprint density at radius 1 is 1.56 bits per heavy atom. The molecule has 0 saturated heterocycles. The molecular weight excluding hydrogens is 206 g/mol. The number of aromatic amines is 1. The summed E-state index contributed by atoms with van der Waals surface area (Å²) in [5.41, 5.74) is 0.969. The first-order valence-electron chi connectivity index (χ1n) is 5.10. The highest BCUT2D eigenvalue weighted by atomic mass is 16.3. The minimum Gasteiger partial charge on any atom is -0.456 e. The Hall–Kier alpha value is -2.04. The summed E-state index contributed by atoms with van der Waals surface area (Å²) in [5.74, 6) is 1.37. The lowest BCUT2D eigenvalue weighted by atomic mass is 10.2. The van der Waals surface area contributed by atoms with Crippen LogP contribution in [-0.2, 0) is 6.42 Å². The lowest BCUT2D eigenvalue weighted by Gasteiger charge is -2.01. The molecule has 0 aliphatic heterocycles. The zero-order valence-electron chi connectivity index (χ0n) is 9.20. The molecule has 0 bridgehead atoms. The van der Waals surface area contributed by atoms with Gasteiger partial charge >= 0.3 is 0 Å². The monoisotopic (exact) mass is 219 g/mol.